The number of nitrogens with one attached hydrogen (secondary N) is 1. The van der Waals surface area contributed by atoms with Crippen molar-refractivity contribution >= 4 is 17.7 Å². The van der Waals surface area contributed by atoms with E-state index in [0.29, 0.717) is 6.42 Å². The Labute approximate surface area is 173 Å². The van der Waals surface area contributed by atoms with Crippen molar-refractivity contribution in [3.05, 3.63) is 22.1 Å². The molecular weight excluding hydrogens is 370 g/mol. The lowest BCUT2D eigenvalue weighted by molar-refractivity contribution is -0.122. The van der Waals surface area contributed by atoms with Crippen molar-refractivity contribution in [1.82, 2.24) is 14.9 Å². The first-order valence-corrected chi connectivity index (χ1v) is 12.2. The number of hydrogen-bond donors (Lipinski definition) is 1. The summed E-state index contributed by atoms with van der Waals surface area (Å²) >= 11 is 1.60. The highest BCUT2D eigenvalue weighted by Crippen LogP contribution is 2.32. The molecule has 1 unspecified atom stereocenters. The van der Waals surface area contributed by atoms with Crippen LogP contribution in [0.25, 0.3) is 0 Å². The normalized spacial score (nSPS) is 22.1. The summed E-state index contributed by atoms with van der Waals surface area (Å²) in [6.07, 6.45) is 15.0. The summed E-state index contributed by atoms with van der Waals surface area (Å²) in [6.45, 7) is 2.01. The molecule has 3 rings (SSSR count). The molecule has 5 nitrogen and oxygen atoms in total. The average Bonchev–Trinajstić information content (AvgIpc) is 3.07. The van der Waals surface area contributed by atoms with E-state index in [2.05, 4.69) is 10.3 Å². The van der Waals surface area contributed by atoms with E-state index in [9.17, 15) is 9.59 Å². The molecule has 1 aromatic rings. The highest BCUT2D eigenvalue weighted by molar-refractivity contribution is 7.99. The van der Waals surface area contributed by atoms with Gasteiger partial charge in [-0.2, -0.15) is 0 Å². The molecule has 156 valence electrons. The highest BCUT2D eigenvalue weighted by atomic mass is 32.2. The third-order valence-electron chi connectivity index (χ3n) is 6.00. The van der Waals surface area contributed by atoms with E-state index < -0.39 is 0 Å². The van der Waals surface area contributed by atoms with Gasteiger partial charge in [-0.05, 0) is 19.3 Å². The second-order valence-corrected chi connectivity index (χ2v) is 9.27. The zero-order valence-electron chi connectivity index (χ0n) is 17.3. The van der Waals surface area contributed by atoms with Crippen molar-refractivity contribution in [3.63, 3.8) is 0 Å². The zero-order valence-corrected chi connectivity index (χ0v) is 18.1. The van der Waals surface area contributed by atoms with E-state index in [1.807, 2.05) is 6.92 Å². The van der Waals surface area contributed by atoms with Crippen molar-refractivity contribution in [1.29, 1.82) is 0 Å². The Morgan fingerprint density at radius 3 is 2.32 bits per heavy atom. The molecule has 6 heteroatoms. The van der Waals surface area contributed by atoms with Crippen molar-refractivity contribution in [3.8, 4) is 0 Å². The number of aryl methyl sites for hydroxylation is 1. The first-order chi connectivity index (χ1) is 13.7. The first kappa shape index (κ1) is 21.4. The Morgan fingerprint density at radius 1 is 1.11 bits per heavy atom. The topological polar surface area (TPSA) is 64.0 Å². The molecule has 0 bridgehead atoms. The molecule has 1 saturated carbocycles. The molecule has 1 aliphatic carbocycles. The molecule has 0 spiro atoms. The smallest absolute Gasteiger partial charge is 0.254 e. The van der Waals surface area contributed by atoms with Gasteiger partial charge in [0.1, 0.15) is 0 Å². The molecular formula is C22H35N3O2S. The van der Waals surface area contributed by atoms with Crippen LogP contribution in [0.1, 0.15) is 95.7 Å². The van der Waals surface area contributed by atoms with Gasteiger partial charge >= 0.3 is 0 Å². The Morgan fingerprint density at radius 2 is 1.71 bits per heavy atom. The van der Waals surface area contributed by atoms with Gasteiger partial charge in [0.25, 0.3) is 5.56 Å². The number of carbonyl (C=O) groups is 1. The summed E-state index contributed by atoms with van der Waals surface area (Å²) < 4.78 is 1.73. The minimum Gasteiger partial charge on any atom is -0.353 e. The Kier molecular flexibility index (Phi) is 8.44. The molecule has 1 aromatic heterocycles. The van der Waals surface area contributed by atoms with E-state index >= 15 is 0 Å². The molecule has 1 aliphatic heterocycles. The minimum absolute atomic E-state index is 0.0179. The van der Waals surface area contributed by atoms with E-state index in [1.165, 1.54) is 57.8 Å². The van der Waals surface area contributed by atoms with Gasteiger partial charge in [-0.3, -0.25) is 14.2 Å². The van der Waals surface area contributed by atoms with Gasteiger partial charge in [0.05, 0.1) is 6.04 Å². The van der Waals surface area contributed by atoms with Gasteiger partial charge in [0.2, 0.25) is 5.91 Å². The fourth-order valence-electron chi connectivity index (χ4n) is 4.34. The molecule has 1 atom stereocenters. The van der Waals surface area contributed by atoms with Crippen molar-refractivity contribution < 1.29 is 4.79 Å². The van der Waals surface area contributed by atoms with Crippen LogP contribution >= 0.6 is 11.8 Å². The van der Waals surface area contributed by atoms with Crippen LogP contribution in [0, 0.1) is 0 Å². The lowest BCUT2D eigenvalue weighted by Crippen LogP contribution is -2.37. The van der Waals surface area contributed by atoms with Crippen LogP contribution in [0.4, 0.5) is 0 Å². The fraction of sp³-hybridized carbons (Fsp3) is 0.773. The Bertz CT molecular complexity index is 692. The third-order valence-corrected chi connectivity index (χ3v) is 7.09. The molecule has 0 aromatic carbocycles. The van der Waals surface area contributed by atoms with Crippen LogP contribution in [-0.4, -0.2) is 27.3 Å². The largest absolute Gasteiger partial charge is 0.353 e. The number of nitrogens with zero attached hydrogens (tertiary/aromatic N) is 2. The average molecular weight is 406 g/mol. The van der Waals surface area contributed by atoms with Crippen LogP contribution in [0.5, 0.6) is 0 Å². The number of thioether (sulfide) groups is 1. The molecule has 2 heterocycles. The predicted molar refractivity (Wildman–Crippen MR) is 115 cm³/mol. The summed E-state index contributed by atoms with van der Waals surface area (Å²) in [5.41, 5.74) is 0.817. The number of aromatic nitrogens is 2. The van der Waals surface area contributed by atoms with E-state index in [1.54, 1.807) is 22.4 Å². The van der Waals surface area contributed by atoms with Crippen LogP contribution in [-0.2, 0) is 11.2 Å². The van der Waals surface area contributed by atoms with Crippen molar-refractivity contribution in [2.45, 2.75) is 108 Å². The van der Waals surface area contributed by atoms with Crippen LogP contribution in [0.2, 0.25) is 0 Å². The molecule has 28 heavy (non-hydrogen) atoms. The maximum atomic E-state index is 12.7. The van der Waals surface area contributed by atoms with Gasteiger partial charge in [-0.25, -0.2) is 4.98 Å². The maximum absolute atomic E-state index is 12.7. The number of hydrogen-bond acceptors (Lipinski definition) is 4. The van der Waals surface area contributed by atoms with Gasteiger partial charge < -0.3 is 5.32 Å². The van der Waals surface area contributed by atoms with Gasteiger partial charge in [-0.1, -0.05) is 76.5 Å². The van der Waals surface area contributed by atoms with E-state index in [0.717, 1.165) is 35.9 Å². The molecule has 0 radical (unpaired) electrons. The van der Waals surface area contributed by atoms with Gasteiger partial charge in [0.15, 0.2) is 5.16 Å². The lowest BCUT2D eigenvalue weighted by atomic mass is 9.97. The summed E-state index contributed by atoms with van der Waals surface area (Å²) in [7, 11) is 0. The zero-order chi connectivity index (χ0) is 19.8. The summed E-state index contributed by atoms with van der Waals surface area (Å²) in [5.74, 6) is 0.843. The SMILES string of the molecule is CCc1cc(=O)n2c(n1)SCC2CC(=O)NC1CCCCCCCCCCC1. The monoisotopic (exact) mass is 405 g/mol. The van der Waals surface area contributed by atoms with Crippen LogP contribution in [0.3, 0.4) is 0 Å². The summed E-state index contributed by atoms with van der Waals surface area (Å²) in [6, 6.07) is 1.84. The standard InChI is InChI=1S/C22H35N3O2S/c1-2-17-14-21(27)25-19(16-28-22(25)24-17)15-20(26)23-18-12-10-8-6-4-3-5-7-9-11-13-18/h14,18-19H,2-13,15-16H2,1H3,(H,23,26). The van der Waals surface area contributed by atoms with Crippen molar-refractivity contribution in [2.75, 3.05) is 5.75 Å². The lowest BCUT2D eigenvalue weighted by Gasteiger charge is -2.21. The molecule has 0 saturated heterocycles. The van der Waals surface area contributed by atoms with E-state index in [4.69, 9.17) is 0 Å². The van der Waals surface area contributed by atoms with Gasteiger partial charge in [-0.15, -0.1) is 0 Å². The van der Waals surface area contributed by atoms with E-state index in [-0.39, 0.29) is 23.6 Å². The Balaban J connectivity index is 1.55. The Hall–Kier alpha value is -1.30. The molecule has 1 amide bonds. The second-order valence-electron chi connectivity index (χ2n) is 8.28. The number of carbonyl (C=O) groups excluding carboxylic acids is 1. The van der Waals surface area contributed by atoms with Crippen LogP contribution in [0.15, 0.2) is 16.0 Å². The van der Waals surface area contributed by atoms with Crippen molar-refractivity contribution in [2.24, 2.45) is 0 Å². The first-order valence-electron chi connectivity index (χ1n) is 11.2. The maximum Gasteiger partial charge on any atom is 0.254 e. The number of rotatable bonds is 4. The third kappa shape index (κ3) is 6.10. The molecule has 1 fully saturated rings. The summed E-state index contributed by atoms with van der Waals surface area (Å²) in [4.78, 5) is 29.8. The fourth-order valence-corrected chi connectivity index (χ4v) is 5.51. The second kappa shape index (κ2) is 11.0. The molecule has 1 N–H and O–H groups in total. The highest BCUT2D eigenvalue weighted by Gasteiger charge is 2.28. The number of fused-ring (bicyclic) bond motifs is 1. The predicted octanol–water partition coefficient (Wildman–Crippen LogP) is 4.63. The summed E-state index contributed by atoms with van der Waals surface area (Å²) in [5, 5.41) is 4.06. The van der Waals surface area contributed by atoms with Crippen LogP contribution < -0.4 is 10.9 Å². The number of amides is 1. The minimum atomic E-state index is -0.0721. The van der Waals surface area contributed by atoms with Gasteiger partial charge in [0, 0.05) is 30.0 Å². The molecule has 2 aliphatic rings. The quantitative estimate of drug-likeness (QED) is 0.742.